The van der Waals surface area contributed by atoms with Crippen LogP contribution in [-0.4, -0.2) is 42.4 Å². The molecule has 1 aromatic rings. The van der Waals surface area contributed by atoms with Crippen molar-refractivity contribution >= 4 is 6.03 Å². The summed E-state index contributed by atoms with van der Waals surface area (Å²) in [7, 11) is 1.66. The van der Waals surface area contributed by atoms with Crippen molar-refractivity contribution in [1.29, 1.82) is 0 Å². The van der Waals surface area contributed by atoms with Crippen LogP contribution in [-0.2, 0) is 11.2 Å². The number of hydrogen-bond donors (Lipinski definition) is 2. The maximum Gasteiger partial charge on any atom is 0.314 e. The second-order valence-electron chi connectivity index (χ2n) is 6.26. The molecule has 6 heteroatoms. The molecule has 23 heavy (non-hydrogen) atoms. The van der Waals surface area contributed by atoms with E-state index in [1.807, 2.05) is 6.20 Å². The minimum Gasteiger partial charge on any atom is -0.385 e. The number of aryl methyl sites for hydroxylation is 1. The number of urea groups is 1. The van der Waals surface area contributed by atoms with E-state index in [1.54, 1.807) is 7.11 Å². The normalized spacial score (nSPS) is 15.6. The van der Waals surface area contributed by atoms with Crippen LogP contribution in [0.5, 0.6) is 0 Å². The molecule has 0 bridgehead atoms. The standard InChI is InChI=1S/C17H30N4O2/c1-14-13-20-16(21(14)15-7-4-3-5-8-15)9-11-19-17(22)18-10-6-12-23-2/h13,15H,3-12H2,1-2H3,(H2,18,19,22). The summed E-state index contributed by atoms with van der Waals surface area (Å²) in [6, 6.07) is 0.470. The lowest BCUT2D eigenvalue weighted by molar-refractivity contribution is 0.193. The molecular formula is C17H30N4O2. The summed E-state index contributed by atoms with van der Waals surface area (Å²) in [4.78, 5) is 16.2. The first-order valence-corrected chi connectivity index (χ1v) is 8.75. The summed E-state index contributed by atoms with van der Waals surface area (Å²) < 4.78 is 7.34. The molecule has 1 aliphatic rings. The minimum atomic E-state index is -0.117. The van der Waals surface area contributed by atoms with Gasteiger partial charge in [-0.2, -0.15) is 0 Å². The van der Waals surface area contributed by atoms with Gasteiger partial charge in [0.25, 0.3) is 0 Å². The van der Waals surface area contributed by atoms with Crippen LogP contribution in [0.4, 0.5) is 4.79 Å². The molecule has 2 N–H and O–H groups in total. The van der Waals surface area contributed by atoms with E-state index in [0.717, 1.165) is 18.7 Å². The molecule has 1 saturated carbocycles. The van der Waals surface area contributed by atoms with E-state index in [4.69, 9.17) is 4.74 Å². The van der Waals surface area contributed by atoms with Crippen LogP contribution in [0.2, 0.25) is 0 Å². The van der Waals surface area contributed by atoms with Gasteiger partial charge in [-0.25, -0.2) is 9.78 Å². The van der Waals surface area contributed by atoms with E-state index in [1.165, 1.54) is 37.8 Å². The van der Waals surface area contributed by atoms with Crippen LogP contribution >= 0.6 is 0 Å². The molecule has 2 amide bonds. The van der Waals surface area contributed by atoms with Crippen molar-refractivity contribution in [3.05, 3.63) is 17.7 Å². The molecule has 0 saturated heterocycles. The van der Waals surface area contributed by atoms with Crippen molar-refractivity contribution in [1.82, 2.24) is 20.2 Å². The zero-order valence-corrected chi connectivity index (χ0v) is 14.4. The first-order valence-electron chi connectivity index (χ1n) is 8.75. The summed E-state index contributed by atoms with van der Waals surface area (Å²) in [6.07, 6.45) is 10.0. The number of hydrogen-bond acceptors (Lipinski definition) is 3. The summed E-state index contributed by atoms with van der Waals surface area (Å²) >= 11 is 0. The Labute approximate surface area is 139 Å². The van der Waals surface area contributed by atoms with Gasteiger partial charge in [-0.3, -0.25) is 0 Å². The van der Waals surface area contributed by atoms with Crippen LogP contribution in [0.15, 0.2) is 6.20 Å². The smallest absolute Gasteiger partial charge is 0.314 e. The molecule has 0 spiro atoms. The van der Waals surface area contributed by atoms with Crippen molar-refractivity contribution in [2.24, 2.45) is 0 Å². The topological polar surface area (TPSA) is 68.2 Å². The van der Waals surface area contributed by atoms with Gasteiger partial charge >= 0.3 is 6.03 Å². The number of aromatic nitrogens is 2. The first-order chi connectivity index (χ1) is 11.2. The molecule has 0 aromatic carbocycles. The lowest BCUT2D eigenvalue weighted by atomic mass is 9.95. The monoisotopic (exact) mass is 322 g/mol. The number of ether oxygens (including phenoxy) is 1. The van der Waals surface area contributed by atoms with Crippen LogP contribution in [0.3, 0.4) is 0 Å². The van der Waals surface area contributed by atoms with Crippen molar-refractivity contribution in [2.45, 2.75) is 57.9 Å². The van der Waals surface area contributed by atoms with E-state index in [9.17, 15) is 4.79 Å². The van der Waals surface area contributed by atoms with Crippen LogP contribution in [0.1, 0.15) is 56.1 Å². The largest absolute Gasteiger partial charge is 0.385 e. The van der Waals surface area contributed by atoms with E-state index < -0.39 is 0 Å². The molecule has 130 valence electrons. The fraction of sp³-hybridized carbons (Fsp3) is 0.765. The van der Waals surface area contributed by atoms with Crippen molar-refractivity contribution in [2.75, 3.05) is 26.8 Å². The lowest BCUT2D eigenvalue weighted by Crippen LogP contribution is -2.37. The number of rotatable bonds is 8. The molecule has 1 heterocycles. The van der Waals surface area contributed by atoms with Gasteiger partial charge in [0.15, 0.2) is 0 Å². The zero-order chi connectivity index (χ0) is 16.5. The Morgan fingerprint density at radius 2 is 2.04 bits per heavy atom. The van der Waals surface area contributed by atoms with Gasteiger partial charge in [0.2, 0.25) is 0 Å². The SMILES string of the molecule is COCCCNC(=O)NCCc1ncc(C)n1C1CCCCC1. The van der Waals surface area contributed by atoms with Gasteiger partial charge in [-0.15, -0.1) is 0 Å². The maximum atomic E-state index is 11.7. The van der Waals surface area contributed by atoms with Crippen LogP contribution in [0, 0.1) is 6.92 Å². The van der Waals surface area contributed by atoms with Gasteiger partial charge < -0.3 is 19.9 Å². The average Bonchev–Trinajstić information content (AvgIpc) is 2.93. The highest BCUT2D eigenvalue weighted by Gasteiger charge is 2.19. The highest BCUT2D eigenvalue weighted by atomic mass is 16.5. The molecule has 0 radical (unpaired) electrons. The van der Waals surface area contributed by atoms with E-state index >= 15 is 0 Å². The lowest BCUT2D eigenvalue weighted by Gasteiger charge is -2.26. The Balaban J connectivity index is 1.76. The third-order valence-electron chi connectivity index (χ3n) is 4.44. The minimum absolute atomic E-state index is 0.117. The molecule has 0 atom stereocenters. The number of carbonyl (C=O) groups is 1. The van der Waals surface area contributed by atoms with Gasteiger partial charge in [0.1, 0.15) is 5.82 Å². The number of carbonyl (C=O) groups excluding carboxylic acids is 1. The first kappa shape index (κ1) is 17.8. The van der Waals surface area contributed by atoms with Crippen LogP contribution in [0.25, 0.3) is 0 Å². The van der Waals surface area contributed by atoms with E-state index in [-0.39, 0.29) is 6.03 Å². The summed E-state index contributed by atoms with van der Waals surface area (Å²) in [5, 5.41) is 5.73. The van der Waals surface area contributed by atoms with Crippen molar-refractivity contribution in [3.63, 3.8) is 0 Å². The molecular weight excluding hydrogens is 292 g/mol. The molecule has 1 fully saturated rings. The second kappa shape index (κ2) is 9.55. The van der Waals surface area contributed by atoms with Crippen molar-refractivity contribution < 1.29 is 9.53 Å². The van der Waals surface area contributed by atoms with Gasteiger partial charge in [0.05, 0.1) is 0 Å². The molecule has 1 aromatic heterocycles. The third kappa shape index (κ3) is 5.53. The molecule has 1 aliphatic carbocycles. The fourth-order valence-corrected chi connectivity index (χ4v) is 3.29. The molecule has 0 unspecified atom stereocenters. The highest BCUT2D eigenvalue weighted by molar-refractivity contribution is 5.73. The Kier molecular flexibility index (Phi) is 7.39. The Morgan fingerprint density at radius 1 is 1.30 bits per heavy atom. The number of amides is 2. The average molecular weight is 322 g/mol. The summed E-state index contributed by atoms with van der Waals surface area (Å²) in [5.41, 5.74) is 1.23. The predicted octanol–water partition coefficient (Wildman–Crippen LogP) is 2.57. The summed E-state index contributed by atoms with van der Waals surface area (Å²) in [6.45, 7) is 4.04. The zero-order valence-electron chi connectivity index (χ0n) is 14.4. The second-order valence-corrected chi connectivity index (χ2v) is 6.26. The Hall–Kier alpha value is -1.56. The predicted molar refractivity (Wildman–Crippen MR) is 90.7 cm³/mol. The third-order valence-corrected chi connectivity index (χ3v) is 4.44. The fourth-order valence-electron chi connectivity index (χ4n) is 3.29. The van der Waals surface area contributed by atoms with E-state index in [0.29, 0.717) is 25.7 Å². The summed E-state index contributed by atoms with van der Waals surface area (Å²) in [5.74, 6) is 1.09. The Bertz CT molecular complexity index is 481. The number of imidazole rings is 1. The van der Waals surface area contributed by atoms with Gasteiger partial charge in [-0.05, 0) is 26.2 Å². The quantitative estimate of drug-likeness (QED) is 0.723. The maximum absolute atomic E-state index is 11.7. The highest BCUT2D eigenvalue weighted by Crippen LogP contribution is 2.30. The van der Waals surface area contributed by atoms with Crippen molar-refractivity contribution in [3.8, 4) is 0 Å². The number of nitrogens with one attached hydrogen (secondary N) is 2. The van der Waals surface area contributed by atoms with Gasteiger partial charge in [-0.1, -0.05) is 19.3 Å². The van der Waals surface area contributed by atoms with Crippen LogP contribution < -0.4 is 10.6 Å². The Morgan fingerprint density at radius 3 is 2.78 bits per heavy atom. The molecule has 6 nitrogen and oxygen atoms in total. The molecule has 2 rings (SSSR count). The number of methoxy groups -OCH3 is 1. The molecule has 0 aliphatic heterocycles. The van der Waals surface area contributed by atoms with E-state index in [2.05, 4.69) is 27.1 Å². The van der Waals surface area contributed by atoms with Gasteiger partial charge in [0, 0.05) is 51.2 Å². The number of nitrogens with zero attached hydrogens (tertiary/aromatic N) is 2.